The van der Waals surface area contributed by atoms with Crippen molar-refractivity contribution in [3.63, 3.8) is 0 Å². The number of nitrogens with zero attached hydrogens (tertiary/aromatic N) is 1. The highest BCUT2D eigenvalue weighted by atomic mass is 35.5. The Kier molecular flexibility index (Phi) is 5.44. The summed E-state index contributed by atoms with van der Waals surface area (Å²) in [7, 11) is 0. The van der Waals surface area contributed by atoms with Crippen molar-refractivity contribution in [3.8, 4) is 0 Å². The summed E-state index contributed by atoms with van der Waals surface area (Å²) < 4.78 is 150. The summed E-state index contributed by atoms with van der Waals surface area (Å²) in [6, 6.07) is 0.588. The zero-order valence-corrected chi connectivity index (χ0v) is 15.3. The highest BCUT2D eigenvalue weighted by molar-refractivity contribution is 6.40. The summed E-state index contributed by atoms with van der Waals surface area (Å²) in [5.74, 6) is -40.9. The van der Waals surface area contributed by atoms with E-state index in [1.54, 1.807) is 0 Å². The smallest absolute Gasteiger partial charge is 0.320 e. The Bertz CT molecular complexity index is 917. The molecule has 1 aromatic carbocycles. The molecule has 31 heavy (non-hydrogen) atoms. The largest absolute Gasteiger partial charge is 0.384 e. The number of non-ortho nitro benzene ring substituents is 1. The van der Waals surface area contributed by atoms with Gasteiger partial charge in [-0.25, -0.2) is 4.39 Å². The summed E-state index contributed by atoms with van der Waals surface area (Å²) in [5, 5.41) is 9.04. The van der Waals surface area contributed by atoms with E-state index in [-0.39, 0.29) is 0 Å². The van der Waals surface area contributed by atoms with Crippen LogP contribution in [0.5, 0.6) is 0 Å². The van der Waals surface area contributed by atoms with Gasteiger partial charge in [-0.1, -0.05) is 23.2 Å². The first-order valence-electron chi connectivity index (χ1n) is 7.15. The van der Waals surface area contributed by atoms with Crippen LogP contribution < -0.4 is 5.32 Å². The number of alkyl halides is 11. The summed E-state index contributed by atoms with van der Waals surface area (Å²) in [6.45, 7) is 0. The Morgan fingerprint density at radius 1 is 0.774 bits per heavy atom. The van der Waals surface area contributed by atoms with Gasteiger partial charge in [-0.15, -0.1) is 0 Å². The molecule has 0 atom stereocenters. The summed E-state index contributed by atoms with van der Waals surface area (Å²) in [6.07, 6.45) is 0. The molecule has 1 N–H and O–H groups in total. The van der Waals surface area contributed by atoms with Crippen molar-refractivity contribution in [1.29, 1.82) is 0 Å². The fourth-order valence-corrected chi connectivity index (χ4v) is 3.06. The van der Waals surface area contributed by atoms with E-state index in [4.69, 9.17) is 23.2 Å². The molecule has 0 bridgehead atoms. The molecule has 0 radical (unpaired) electrons. The second-order valence-electron chi connectivity index (χ2n) is 6.03. The molecule has 1 aromatic rings. The summed E-state index contributed by atoms with van der Waals surface area (Å²) >= 11 is 10.8. The molecule has 1 saturated carbocycles. The fourth-order valence-electron chi connectivity index (χ4n) is 2.49. The standard InChI is InChI=1S/C13H3Cl2F11N2O3/c14-4-1-3(28(30)31)2-5(15)6(4)27-7(29)8(16)9(17,18)11(21,22)13(25,26)12(23,24)10(8,19)20/h1-2H,(H,27,29). The van der Waals surface area contributed by atoms with Crippen molar-refractivity contribution in [3.05, 3.63) is 32.3 Å². The number of amides is 1. The average Bonchev–Trinajstić information content (AvgIpc) is 2.61. The lowest BCUT2D eigenvalue weighted by atomic mass is 9.71. The lowest BCUT2D eigenvalue weighted by molar-refractivity contribution is -0.475. The van der Waals surface area contributed by atoms with Crippen molar-refractivity contribution in [2.45, 2.75) is 35.3 Å². The summed E-state index contributed by atoms with van der Waals surface area (Å²) in [4.78, 5) is 21.3. The molecule has 0 aromatic heterocycles. The monoisotopic (exact) mass is 514 g/mol. The predicted molar refractivity (Wildman–Crippen MR) is 80.3 cm³/mol. The van der Waals surface area contributed by atoms with Crippen LogP contribution in [0.3, 0.4) is 0 Å². The zero-order valence-electron chi connectivity index (χ0n) is 13.7. The SMILES string of the molecule is O=C(Nc1c(Cl)cc([N+](=O)[O-])cc1Cl)C1(F)C(F)(F)C(F)(F)C(F)(F)C(F)(F)C1(F)F. The number of rotatable bonds is 3. The van der Waals surface area contributed by atoms with E-state index < -0.39 is 67.5 Å². The van der Waals surface area contributed by atoms with Gasteiger partial charge in [0.15, 0.2) is 0 Å². The van der Waals surface area contributed by atoms with Crippen LogP contribution in [-0.4, -0.2) is 46.1 Å². The molecule has 18 heteroatoms. The van der Waals surface area contributed by atoms with Crippen LogP contribution in [0.4, 0.5) is 59.7 Å². The van der Waals surface area contributed by atoms with Gasteiger partial charge in [0.2, 0.25) is 0 Å². The van der Waals surface area contributed by atoms with Gasteiger partial charge >= 0.3 is 35.3 Å². The van der Waals surface area contributed by atoms with Gasteiger partial charge in [-0.2, -0.15) is 43.9 Å². The minimum absolute atomic E-state index is 0.294. The van der Waals surface area contributed by atoms with E-state index in [2.05, 4.69) is 0 Å². The van der Waals surface area contributed by atoms with Crippen molar-refractivity contribution in [2.75, 3.05) is 5.32 Å². The molecule has 2 rings (SSSR count). The van der Waals surface area contributed by atoms with E-state index in [0.29, 0.717) is 17.4 Å². The van der Waals surface area contributed by atoms with Gasteiger partial charge in [0.05, 0.1) is 20.7 Å². The molecular weight excluding hydrogens is 512 g/mol. The van der Waals surface area contributed by atoms with Gasteiger partial charge in [-0.3, -0.25) is 14.9 Å². The van der Waals surface area contributed by atoms with E-state index in [1.165, 1.54) is 0 Å². The average molecular weight is 515 g/mol. The van der Waals surface area contributed by atoms with Crippen LogP contribution in [0.15, 0.2) is 12.1 Å². The Morgan fingerprint density at radius 3 is 1.42 bits per heavy atom. The highest BCUT2D eigenvalue weighted by Gasteiger charge is 3.02. The Balaban J connectivity index is 2.71. The van der Waals surface area contributed by atoms with Crippen molar-refractivity contribution in [1.82, 2.24) is 0 Å². The molecule has 0 aliphatic heterocycles. The van der Waals surface area contributed by atoms with Gasteiger partial charge in [0.1, 0.15) is 0 Å². The van der Waals surface area contributed by atoms with Crippen molar-refractivity contribution >= 4 is 40.5 Å². The number of hydrogen-bond acceptors (Lipinski definition) is 3. The third-order valence-corrected chi connectivity index (χ3v) is 4.83. The number of nitro groups is 1. The second-order valence-corrected chi connectivity index (χ2v) is 6.84. The third kappa shape index (κ3) is 2.79. The first kappa shape index (κ1) is 25.2. The molecule has 5 nitrogen and oxygen atoms in total. The fraction of sp³-hybridized carbons (Fsp3) is 0.462. The van der Waals surface area contributed by atoms with Crippen LogP contribution in [0, 0.1) is 10.1 Å². The van der Waals surface area contributed by atoms with E-state index in [9.17, 15) is 63.2 Å². The number of halogens is 13. The number of anilines is 1. The zero-order chi connectivity index (χ0) is 24.6. The molecule has 0 heterocycles. The van der Waals surface area contributed by atoms with Crippen LogP contribution >= 0.6 is 23.2 Å². The van der Waals surface area contributed by atoms with Crippen LogP contribution in [0.2, 0.25) is 10.0 Å². The Labute approximate surface area is 172 Å². The number of carbonyl (C=O) groups is 1. The van der Waals surface area contributed by atoms with E-state index in [1.807, 2.05) is 0 Å². The number of benzene rings is 1. The van der Waals surface area contributed by atoms with Gasteiger partial charge in [-0.05, 0) is 0 Å². The molecule has 0 spiro atoms. The second kappa shape index (κ2) is 6.70. The van der Waals surface area contributed by atoms with E-state index >= 15 is 0 Å². The van der Waals surface area contributed by atoms with Crippen molar-refractivity contribution < 1.29 is 58.0 Å². The lowest BCUT2D eigenvalue weighted by Crippen LogP contribution is -2.86. The normalized spacial score (nSPS) is 24.3. The maximum Gasteiger partial charge on any atom is 0.384 e. The molecule has 1 aliphatic rings. The molecule has 1 amide bonds. The molecule has 0 unspecified atom stereocenters. The maximum absolute atomic E-state index is 14.6. The predicted octanol–water partition coefficient (Wildman–Crippen LogP) is 5.74. The Hall–Kier alpha value is -2.10. The minimum Gasteiger partial charge on any atom is -0.320 e. The minimum atomic E-state index is -7.49. The molecule has 0 saturated heterocycles. The number of hydrogen-bond donors (Lipinski definition) is 1. The van der Waals surface area contributed by atoms with E-state index in [0.717, 1.165) is 0 Å². The van der Waals surface area contributed by atoms with Gasteiger partial charge in [0.25, 0.3) is 11.6 Å². The molecule has 1 aliphatic carbocycles. The Morgan fingerprint density at radius 2 is 1.10 bits per heavy atom. The maximum atomic E-state index is 14.6. The quantitative estimate of drug-likeness (QED) is 0.317. The third-order valence-electron chi connectivity index (χ3n) is 4.23. The van der Waals surface area contributed by atoms with Crippen molar-refractivity contribution in [2.24, 2.45) is 0 Å². The van der Waals surface area contributed by atoms with Crippen LogP contribution in [0.25, 0.3) is 0 Å². The molecular formula is C13H3Cl2F11N2O3. The topological polar surface area (TPSA) is 72.2 Å². The number of nitrogens with one attached hydrogen (secondary N) is 1. The van der Waals surface area contributed by atoms with Crippen LogP contribution in [-0.2, 0) is 4.79 Å². The number of carbonyl (C=O) groups excluding carboxylic acids is 1. The molecule has 1 fully saturated rings. The lowest BCUT2D eigenvalue weighted by Gasteiger charge is -2.51. The molecule has 174 valence electrons. The van der Waals surface area contributed by atoms with Crippen LogP contribution in [0.1, 0.15) is 0 Å². The first-order valence-corrected chi connectivity index (χ1v) is 7.91. The summed E-state index contributed by atoms with van der Waals surface area (Å²) in [5.41, 5.74) is -9.30. The number of nitro benzene ring substituents is 1. The van der Waals surface area contributed by atoms with Gasteiger partial charge < -0.3 is 5.32 Å². The first-order chi connectivity index (χ1) is 13.6. The highest BCUT2D eigenvalue weighted by Crippen LogP contribution is 2.69. The van der Waals surface area contributed by atoms with Gasteiger partial charge in [0, 0.05) is 12.1 Å².